The van der Waals surface area contributed by atoms with E-state index >= 15 is 0 Å². The summed E-state index contributed by atoms with van der Waals surface area (Å²) in [5.74, 6) is 1.43. The summed E-state index contributed by atoms with van der Waals surface area (Å²) in [6.07, 6.45) is 7.51. The van der Waals surface area contributed by atoms with Crippen LogP contribution in [0.25, 0.3) is 0 Å². The molecule has 1 amide bonds. The molecule has 1 atom stereocenters. The van der Waals surface area contributed by atoms with Crippen molar-refractivity contribution >= 4 is 15.9 Å². The Kier molecular flexibility index (Phi) is 5.15. The van der Waals surface area contributed by atoms with E-state index in [9.17, 15) is 13.2 Å². The molecule has 1 fully saturated rings. The lowest BCUT2D eigenvalue weighted by molar-refractivity contribution is -0.132. The number of carbonyl (C=O) groups excluding carboxylic acids is 1. The maximum absolute atomic E-state index is 12.6. The first kappa shape index (κ1) is 19.0. The van der Waals surface area contributed by atoms with E-state index in [0.29, 0.717) is 44.2 Å². The maximum atomic E-state index is 12.6. The predicted octanol–water partition coefficient (Wildman–Crippen LogP) is 0.745. The quantitative estimate of drug-likeness (QED) is 0.745. The van der Waals surface area contributed by atoms with Crippen molar-refractivity contribution in [2.75, 3.05) is 19.3 Å². The van der Waals surface area contributed by atoms with Gasteiger partial charge in [0.15, 0.2) is 11.6 Å². The summed E-state index contributed by atoms with van der Waals surface area (Å²) < 4.78 is 27.9. The number of nitrogens with zero attached hydrogens (tertiary/aromatic N) is 6. The van der Waals surface area contributed by atoms with Gasteiger partial charge in [-0.1, -0.05) is 12.5 Å². The molecule has 2 aliphatic heterocycles. The van der Waals surface area contributed by atoms with Gasteiger partial charge >= 0.3 is 0 Å². The van der Waals surface area contributed by atoms with Gasteiger partial charge in [-0.3, -0.25) is 9.78 Å². The molecule has 0 N–H and O–H groups in total. The molecule has 1 saturated heterocycles. The summed E-state index contributed by atoms with van der Waals surface area (Å²) >= 11 is 0. The van der Waals surface area contributed by atoms with Crippen LogP contribution in [0.15, 0.2) is 24.5 Å². The Morgan fingerprint density at radius 2 is 2.07 bits per heavy atom. The second-order valence-electron chi connectivity index (χ2n) is 7.36. The van der Waals surface area contributed by atoms with E-state index in [0.717, 1.165) is 24.8 Å². The Balaban J connectivity index is 1.51. The van der Waals surface area contributed by atoms with Gasteiger partial charge in [0.2, 0.25) is 15.9 Å². The second kappa shape index (κ2) is 7.59. The van der Waals surface area contributed by atoms with Gasteiger partial charge in [0.1, 0.15) is 0 Å². The monoisotopic (exact) mass is 404 g/mol. The summed E-state index contributed by atoms with van der Waals surface area (Å²) in [5.41, 5.74) is 0.881. The van der Waals surface area contributed by atoms with Crippen LogP contribution in [0.3, 0.4) is 0 Å². The molecule has 28 heavy (non-hydrogen) atoms. The van der Waals surface area contributed by atoms with Gasteiger partial charge in [-0.15, -0.1) is 10.2 Å². The number of piperidine rings is 1. The molecule has 4 rings (SSSR count). The van der Waals surface area contributed by atoms with Crippen molar-refractivity contribution in [2.45, 2.75) is 44.8 Å². The molecule has 9 nitrogen and oxygen atoms in total. The van der Waals surface area contributed by atoms with E-state index in [-0.39, 0.29) is 11.9 Å². The maximum Gasteiger partial charge on any atom is 0.227 e. The minimum Gasteiger partial charge on any atom is -0.333 e. The van der Waals surface area contributed by atoms with E-state index in [1.165, 1.54) is 10.6 Å². The topological polar surface area (TPSA) is 101 Å². The van der Waals surface area contributed by atoms with Crippen molar-refractivity contribution in [3.8, 4) is 0 Å². The van der Waals surface area contributed by atoms with Crippen LogP contribution in [-0.4, -0.2) is 62.6 Å². The molecule has 0 saturated carbocycles. The fourth-order valence-electron chi connectivity index (χ4n) is 3.99. The van der Waals surface area contributed by atoms with Gasteiger partial charge in [-0.05, 0) is 24.5 Å². The zero-order valence-electron chi connectivity index (χ0n) is 15.9. The standard InChI is InChI=1S/C18H24N6O3S/c1-28(26,27)24-8-3-2-6-15(24)18-21-20-16-13-22(9-10-23(16)18)17(25)11-14-5-4-7-19-12-14/h4-5,7,12,15H,2-3,6,8-11,13H2,1H3. The normalized spacial score (nSPS) is 20.8. The van der Waals surface area contributed by atoms with Crippen LogP contribution >= 0.6 is 0 Å². The Bertz CT molecular complexity index is 959. The van der Waals surface area contributed by atoms with Crippen LogP contribution in [-0.2, 0) is 34.3 Å². The number of hydrogen-bond donors (Lipinski definition) is 0. The van der Waals surface area contributed by atoms with Gasteiger partial charge in [0.25, 0.3) is 0 Å². The van der Waals surface area contributed by atoms with Crippen LogP contribution < -0.4 is 0 Å². The molecule has 1 unspecified atom stereocenters. The zero-order valence-corrected chi connectivity index (χ0v) is 16.7. The average molecular weight is 404 g/mol. The van der Waals surface area contributed by atoms with Gasteiger partial charge in [-0.2, -0.15) is 4.31 Å². The zero-order chi connectivity index (χ0) is 19.7. The largest absolute Gasteiger partial charge is 0.333 e. The Hall–Kier alpha value is -2.33. The molecule has 0 aromatic carbocycles. The molecular formula is C18H24N6O3S. The van der Waals surface area contributed by atoms with Crippen molar-refractivity contribution in [1.82, 2.24) is 29.0 Å². The lowest BCUT2D eigenvalue weighted by Crippen LogP contribution is -2.42. The summed E-state index contributed by atoms with van der Waals surface area (Å²) in [5, 5.41) is 8.60. The predicted molar refractivity (Wildman–Crippen MR) is 102 cm³/mol. The molecule has 0 radical (unpaired) electrons. The minimum absolute atomic E-state index is 0.0271. The lowest BCUT2D eigenvalue weighted by Gasteiger charge is -2.34. The number of rotatable bonds is 4. The smallest absolute Gasteiger partial charge is 0.227 e. The van der Waals surface area contributed by atoms with E-state index in [4.69, 9.17) is 0 Å². The summed E-state index contributed by atoms with van der Waals surface area (Å²) in [6.45, 7) is 2.03. The fraction of sp³-hybridized carbons (Fsp3) is 0.556. The number of carbonyl (C=O) groups is 1. The van der Waals surface area contributed by atoms with E-state index in [1.807, 2.05) is 16.7 Å². The van der Waals surface area contributed by atoms with Gasteiger partial charge in [0.05, 0.1) is 25.3 Å². The highest BCUT2D eigenvalue weighted by atomic mass is 32.2. The van der Waals surface area contributed by atoms with Crippen LogP contribution in [0, 0.1) is 0 Å². The third kappa shape index (κ3) is 3.79. The van der Waals surface area contributed by atoms with Crippen molar-refractivity contribution in [1.29, 1.82) is 0 Å². The van der Waals surface area contributed by atoms with E-state index in [1.54, 1.807) is 17.3 Å². The number of amides is 1. The first-order chi connectivity index (χ1) is 13.4. The molecule has 0 bridgehead atoms. The number of aromatic nitrogens is 4. The molecule has 150 valence electrons. The molecule has 2 aromatic rings. The number of hydrogen-bond acceptors (Lipinski definition) is 6. The second-order valence-corrected chi connectivity index (χ2v) is 9.30. The van der Waals surface area contributed by atoms with Crippen LogP contribution in [0.2, 0.25) is 0 Å². The third-order valence-electron chi connectivity index (χ3n) is 5.39. The molecule has 2 aromatic heterocycles. The van der Waals surface area contributed by atoms with Gasteiger partial charge < -0.3 is 9.47 Å². The van der Waals surface area contributed by atoms with Crippen molar-refractivity contribution in [3.05, 3.63) is 41.7 Å². The molecule has 0 aliphatic carbocycles. The highest BCUT2D eigenvalue weighted by molar-refractivity contribution is 7.88. The van der Waals surface area contributed by atoms with Crippen LogP contribution in [0.4, 0.5) is 0 Å². The first-order valence-electron chi connectivity index (χ1n) is 9.49. The minimum atomic E-state index is -3.30. The lowest BCUT2D eigenvalue weighted by atomic mass is 10.0. The summed E-state index contributed by atoms with van der Waals surface area (Å²) in [6, 6.07) is 3.43. The van der Waals surface area contributed by atoms with Crippen molar-refractivity contribution < 1.29 is 13.2 Å². The van der Waals surface area contributed by atoms with Gasteiger partial charge in [0, 0.05) is 32.0 Å². The molecule has 2 aliphatic rings. The summed E-state index contributed by atoms with van der Waals surface area (Å²) in [4.78, 5) is 18.4. The summed E-state index contributed by atoms with van der Waals surface area (Å²) in [7, 11) is -3.30. The van der Waals surface area contributed by atoms with Crippen LogP contribution in [0.1, 0.15) is 42.5 Å². The Morgan fingerprint density at radius 1 is 1.21 bits per heavy atom. The average Bonchev–Trinajstić information content (AvgIpc) is 3.11. The number of sulfonamides is 1. The van der Waals surface area contributed by atoms with E-state index in [2.05, 4.69) is 15.2 Å². The molecule has 4 heterocycles. The first-order valence-corrected chi connectivity index (χ1v) is 11.3. The molecular weight excluding hydrogens is 380 g/mol. The molecule has 10 heteroatoms. The Labute approximate surface area is 164 Å². The SMILES string of the molecule is CS(=O)(=O)N1CCCCC1c1nnc2n1CCN(C(=O)Cc1cccnc1)C2. The van der Waals surface area contributed by atoms with Crippen molar-refractivity contribution in [2.24, 2.45) is 0 Å². The van der Waals surface area contributed by atoms with E-state index < -0.39 is 10.0 Å². The third-order valence-corrected chi connectivity index (χ3v) is 6.68. The van der Waals surface area contributed by atoms with Crippen LogP contribution in [0.5, 0.6) is 0 Å². The van der Waals surface area contributed by atoms with Gasteiger partial charge in [-0.25, -0.2) is 8.42 Å². The van der Waals surface area contributed by atoms with Crippen molar-refractivity contribution in [3.63, 3.8) is 0 Å². The number of pyridine rings is 1. The molecule has 0 spiro atoms. The highest BCUT2D eigenvalue weighted by Crippen LogP contribution is 2.32. The number of fused-ring (bicyclic) bond motifs is 1. The Morgan fingerprint density at radius 3 is 2.82 bits per heavy atom. The fourth-order valence-corrected chi connectivity index (χ4v) is 5.11. The highest BCUT2D eigenvalue weighted by Gasteiger charge is 2.35.